The molecule has 2 heterocycles. The number of benzene rings is 1. The van der Waals surface area contributed by atoms with Crippen molar-refractivity contribution in [1.82, 2.24) is 9.80 Å². The van der Waals surface area contributed by atoms with Crippen molar-refractivity contribution in [1.29, 1.82) is 0 Å². The van der Waals surface area contributed by atoms with E-state index in [0.717, 1.165) is 13.1 Å². The summed E-state index contributed by atoms with van der Waals surface area (Å²) >= 11 is 0. The van der Waals surface area contributed by atoms with Gasteiger partial charge in [0.25, 0.3) is 0 Å². The van der Waals surface area contributed by atoms with Crippen molar-refractivity contribution >= 4 is 11.9 Å². The Bertz CT molecular complexity index is 558. The van der Waals surface area contributed by atoms with E-state index in [1.54, 1.807) is 24.3 Å². The molecule has 0 atom stereocenters. The molecule has 8 nitrogen and oxygen atoms in total. The van der Waals surface area contributed by atoms with Crippen LogP contribution in [-0.2, 0) is 18.9 Å². The number of hydrogen-bond donors (Lipinski definition) is 0. The second-order valence-corrected chi connectivity index (χ2v) is 6.13. The highest BCUT2D eigenvalue weighted by molar-refractivity contribution is 6.03. The molecule has 2 aliphatic rings. The fraction of sp³-hybridized carbons (Fsp3) is 0.556. The molecule has 3 rings (SSSR count). The van der Waals surface area contributed by atoms with Crippen LogP contribution in [0.2, 0.25) is 0 Å². The maximum atomic E-state index is 12.3. The Morgan fingerprint density at radius 3 is 1.69 bits per heavy atom. The van der Waals surface area contributed by atoms with Gasteiger partial charge in [-0.25, -0.2) is 9.59 Å². The smallest absolute Gasteiger partial charge is 0.339 e. The van der Waals surface area contributed by atoms with Crippen LogP contribution >= 0.6 is 0 Å². The lowest BCUT2D eigenvalue weighted by Gasteiger charge is -2.14. The van der Waals surface area contributed by atoms with Crippen LogP contribution in [0, 0.1) is 0 Å². The Labute approximate surface area is 152 Å². The average Bonchev–Trinajstić information content (AvgIpc) is 3.35. The van der Waals surface area contributed by atoms with E-state index >= 15 is 0 Å². The summed E-state index contributed by atoms with van der Waals surface area (Å²) in [4.78, 5) is 28.7. The van der Waals surface area contributed by atoms with Gasteiger partial charge in [0.2, 0.25) is 0 Å². The molecule has 2 aliphatic heterocycles. The van der Waals surface area contributed by atoms with E-state index < -0.39 is 11.9 Å². The van der Waals surface area contributed by atoms with Crippen LogP contribution in [-0.4, -0.2) is 87.8 Å². The summed E-state index contributed by atoms with van der Waals surface area (Å²) in [6.45, 7) is 5.90. The summed E-state index contributed by atoms with van der Waals surface area (Å²) in [5, 5.41) is 0. The average molecular weight is 364 g/mol. The number of carbonyl (C=O) groups excluding carboxylic acids is 2. The Morgan fingerprint density at radius 2 is 1.31 bits per heavy atom. The van der Waals surface area contributed by atoms with Crippen molar-refractivity contribution in [3.63, 3.8) is 0 Å². The number of hydrogen-bond acceptors (Lipinski definition) is 8. The molecule has 0 bridgehead atoms. The Hall–Kier alpha value is -2.00. The molecule has 26 heavy (non-hydrogen) atoms. The van der Waals surface area contributed by atoms with E-state index in [2.05, 4.69) is 9.80 Å². The molecule has 0 radical (unpaired) electrons. The molecule has 0 aliphatic carbocycles. The van der Waals surface area contributed by atoms with Crippen molar-refractivity contribution in [2.24, 2.45) is 0 Å². The van der Waals surface area contributed by atoms with E-state index in [-0.39, 0.29) is 24.3 Å². The van der Waals surface area contributed by atoms with Gasteiger partial charge in [-0.3, -0.25) is 9.80 Å². The second kappa shape index (κ2) is 9.63. The zero-order valence-electron chi connectivity index (χ0n) is 14.7. The lowest BCUT2D eigenvalue weighted by atomic mass is 10.1. The van der Waals surface area contributed by atoms with Gasteiger partial charge in [0.05, 0.1) is 37.8 Å². The van der Waals surface area contributed by atoms with Gasteiger partial charge < -0.3 is 18.9 Å². The third-order valence-corrected chi connectivity index (χ3v) is 4.30. The molecular weight excluding hydrogens is 340 g/mol. The molecule has 0 aromatic heterocycles. The quantitative estimate of drug-likeness (QED) is 0.620. The van der Waals surface area contributed by atoms with E-state index in [4.69, 9.17) is 18.9 Å². The van der Waals surface area contributed by atoms with Crippen molar-refractivity contribution in [2.45, 2.75) is 0 Å². The van der Waals surface area contributed by atoms with Gasteiger partial charge in [-0.15, -0.1) is 0 Å². The minimum atomic E-state index is -0.523. The largest absolute Gasteiger partial charge is 0.461 e. The third kappa shape index (κ3) is 5.25. The molecule has 2 saturated heterocycles. The van der Waals surface area contributed by atoms with Gasteiger partial charge in [-0.1, -0.05) is 12.1 Å². The highest BCUT2D eigenvalue weighted by atomic mass is 16.5. The van der Waals surface area contributed by atoms with Crippen LogP contribution in [0.1, 0.15) is 20.7 Å². The molecule has 8 heteroatoms. The molecule has 1 aromatic rings. The van der Waals surface area contributed by atoms with Gasteiger partial charge in [0.1, 0.15) is 13.2 Å². The first kappa shape index (κ1) is 18.8. The Kier molecular flexibility index (Phi) is 6.96. The van der Waals surface area contributed by atoms with Gasteiger partial charge >= 0.3 is 11.9 Å². The molecular formula is C18H24N2O6. The highest BCUT2D eigenvalue weighted by Gasteiger charge is 2.20. The van der Waals surface area contributed by atoms with Crippen LogP contribution in [0.25, 0.3) is 0 Å². The van der Waals surface area contributed by atoms with Crippen molar-refractivity contribution < 1.29 is 28.5 Å². The lowest BCUT2D eigenvalue weighted by molar-refractivity contribution is 0.0401. The molecule has 0 saturated carbocycles. The van der Waals surface area contributed by atoms with Gasteiger partial charge in [0, 0.05) is 26.2 Å². The molecule has 2 fully saturated rings. The normalized spacial score (nSPS) is 18.2. The topological polar surface area (TPSA) is 77.5 Å². The maximum absolute atomic E-state index is 12.3. The molecule has 1 aromatic carbocycles. The predicted molar refractivity (Wildman–Crippen MR) is 91.8 cm³/mol. The highest BCUT2D eigenvalue weighted by Crippen LogP contribution is 2.12. The minimum absolute atomic E-state index is 0.222. The summed E-state index contributed by atoms with van der Waals surface area (Å²) in [7, 11) is 0. The minimum Gasteiger partial charge on any atom is -0.461 e. The van der Waals surface area contributed by atoms with E-state index in [1.807, 2.05) is 0 Å². The van der Waals surface area contributed by atoms with Crippen LogP contribution in [0.15, 0.2) is 24.3 Å². The van der Waals surface area contributed by atoms with Crippen LogP contribution < -0.4 is 0 Å². The maximum Gasteiger partial charge on any atom is 0.339 e. The van der Waals surface area contributed by atoms with Crippen molar-refractivity contribution in [3.05, 3.63) is 35.4 Å². The van der Waals surface area contributed by atoms with Gasteiger partial charge in [-0.2, -0.15) is 0 Å². The van der Waals surface area contributed by atoms with Crippen molar-refractivity contribution in [2.75, 3.05) is 66.1 Å². The number of carbonyl (C=O) groups is 2. The molecule has 0 spiro atoms. The first-order chi connectivity index (χ1) is 12.7. The molecule has 0 unspecified atom stereocenters. The van der Waals surface area contributed by atoms with Crippen LogP contribution in [0.3, 0.4) is 0 Å². The first-order valence-electron chi connectivity index (χ1n) is 8.77. The van der Waals surface area contributed by atoms with E-state index in [9.17, 15) is 9.59 Å². The third-order valence-electron chi connectivity index (χ3n) is 4.30. The van der Waals surface area contributed by atoms with Crippen LogP contribution in [0.4, 0.5) is 0 Å². The predicted octanol–water partition coefficient (Wildman–Crippen LogP) is 0.580. The molecule has 0 amide bonds. The van der Waals surface area contributed by atoms with Crippen LogP contribution in [0.5, 0.6) is 0 Å². The zero-order valence-corrected chi connectivity index (χ0v) is 14.7. The lowest BCUT2D eigenvalue weighted by Crippen LogP contribution is -2.27. The summed E-state index contributed by atoms with van der Waals surface area (Å²) in [6, 6.07) is 6.55. The Morgan fingerprint density at radius 1 is 0.846 bits per heavy atom. The number of nitrogens with zero attached hydrogens (tertiary/aromatic N) is 2. The fourth-order valence-electron chi connectivity index (χ4n) is 2.79. The second-order valence-electron chi connectivity index (χ2n) is 6.13. The SMILES string of the molecule is O=C(OCCN1CCOC1)c1ccccc1C(=O)OCCN1CCOC1. The monoisotopic (exact) mass is 364 g/mol. The number of rotatable bonds is 8. The first-order valence-corrected chi connectivity index (χ1v) is 8.77. The summed E-state index contributed by atoms with van der Waals surface area (Å²) in [5.74, 6) is -1.05. The van der Waals surface area contributed by atoms with Gasteiger partial charge in [-0.05, 0) is 12.1 Å². The standard InChI is InChI=1S/C18H24N2O6/c21-17(25-11-7-19-5-9-23-13-19)15-3-1-2-4-16(15)18(22)26-12-8-20-6-10-24-14-20/h1-4H,5-14H2. The van der Waals surface area contributed by atoms with Crippen molar-refractivity contribution in [3.8, 4) is 0 Å². The Balaban J connectivity index is 1.48. The van der Waals surface area contributed by atoms with E-state index in [1.165, 1.54) is 0 Å². The summed E-state index contributed by atoms with van der Waals surface area (Å²) in [5.41, 5.74) is 0.444. The zero-order chi connectivity index (χ0) is 18.2. The number of ether oxygens (including phenoxy) is 4. The van der Waals surface area contributed by atoms with Gasteiger partial charge in [0.15, 0.2) is 0 Å². The fourth-order valence-corrected chi connectivity index (χ4v) is 2.79. The molecule has 0 N–H and O–H groups in total. The molecule has 142 valence electrons. The number of esters is 2. The summed E-state index contributed by atoms with van der Waals surface area (Å²) in [6.07, 6.45) is 0. The van der Waals surface area contributed by atoms with E-state index in [0.29, 0.717) is 39.8 Å². The summed E-state index contributed by atoms with van der Waals surface area (Å²) < 4.78 is 21.1.